The van der Waals surface area contributed by atoms with Crippen LogP contribution in [0.2, 0.25) is 0 Å². The molecule has 120 valence electrons. The number of aromatic hydroxyl groups is 1. The highest BCUT2D eigenvalue weighted by molar-refractivity contribution is 6.40. The minimum atomic E-state index is -0.776. The van der Waals surface area contributed by atoms with E-state index in [-0.39, 0.29) is 12.3 Å². The lowest BCUT2D eigenvalue weighted by atomic mass is 10.1. The first-order valence-corrected chi connectivity index (χ1v) is 7.35. The van der Waals surface area contributed by atoms with E-state index in [0.29, 0.717) is 22.2 Å². The number of anilines is 1. The Balaban J connectivity index is 1.71. The molecule has 0 atom stereocenters. The molecule has 0 unspecified atom stereocenters. The van der Waals surface area contributed by atoms with E-state index in [4.69, 9.17) is 0 Å². The van der Waals surface area contributed by atoms with Crippen LogP contribution in [0.25, 0.3) is 10.8 Å². The summed E-state index contributed by atoms with van der Waals surface area (Å²) < 4.78 is 0. The summed E-state index contributed by atoms with van der Waals surface area (Å²) in [6.07, 6.45) is 1.62. The van der Waals surface area contributed by atoms with Gasteiger partial charge < -0.3 is 15.7 Å². The first-order chi connectivity index (χ1) is 11.6. The van der Waals surface area contributed by atoms with Crippen molar-refractivity contribution in [3.63, 3.8) is 0 Å². The SMILES string of the molecule is O=C(NCc1ccccn1)C(=O)Nc1cccc2c(O)cccc12. The van der Waals surface area contributed by atoms with Gasteiger partial charge in [-0.1, -0.05) is 30.3 Å². The first-order valence-electron chi connectivity index (χ1n) is 7.35. The van der Waals surface area contributed by atoms with Crippen molar-refractivity contribution in [1.82, 2.24) is 10.3 Å². The molecular formula is C18H15N3O3. The van der Waals surface area contributed by atoms with Crippen LogP contribution < -0.4 is 10.6 Å². The lowest BCUT2D eigenvalue weighted by Gasteiger charge is -2.09. The molecule has 0 spiro atoms. The number of aromatic nitrogens is 1. The number of phenols is 1. The number of nitrogens with zero attached hydrogens (tertiary/aromatic N) is 1. The van der Waals surface area contributed by atoms with Crippen LogP contribution in [0.4, 0.5) is 5.69 Å². The third-order valence-electron chi connectivity index (χ3n) is 3.51. The van der Waals surface area contributed by atoms with Crippen LogP contribution in [0.15, 0.2) is 60.8 Å². The van der Waals surface area contributed by atoms with Crippen molar-refractivity contribution >= 4 is 28.3 Å². The van der Waals surface area contributed by atoms with Gasteiger partial charge >= 0.3 is 11.8 Å². The Labute approximate surface area is 138 Å². The maximum atomic E-state index is 12.1. The second-order valence-electron chi connectivity index (χ2n) is 5.14. The van der Waals surface area contributed by atoms with E-state index in [1.165, 1.54) is 0 Å². The van der Waals surface area contributed by atoms with Gasteiger partial charge in [0.05, 0.1) is 12.2 Å². The Morgan fingerprint density at radius 2 is 1.71 bits per heavy atom. The summed E-state index contributed by atoms with van der Waals surface area (Å²) in [7, 11) is 0. The molecule has 3 rings (SSSR count). The zero-order chi connectivity index (χ0) is 16.9. The highest BCUT2D eigenvalue weighted by Gasteiger charge is 2.15. The minimum Gasteiger partial charge on any atom is -0.507 e. The predicted molar refractivity (Wildman–Crippen MR) is 90.3 cm³/mol. The van der Waals surface area contributed by atoms with Gasteiger partial charge in [0.1, 0.15) is 5.75 Å². The Hall–Kier alpha value is -3.41. The summed E-state index contributed by atoms with van der Waals surface area (Å²) in [5.74, 6) is -1.41. The number of rotatable bonds is 3. The predicted octanol–water partition coefficient (Wildman–Crippen LogP) is 2.20. The number of amides is 2. The van der Waals surface area contributed by atoms with Gasteiger partial charge in [0.15, 0.2) is 0 Å². The second-order valence-corrected chi connectivity index (χ2v) is 5.14. The molecule has 0 aliphatic rings. The molecule has 0 bridgehead atoms. The molecule has 3 aromatic rings. The molecule has 0 aliphatic carbocycles. The molecule has 24 heavy (non-hydrogen) atoms. The molecule has 0 radical (unpaired) electrons. The van der Waals surface area contributed by atoms with E-state index in [2.05, 4.69) is 15.6 Å². The van der Waals surface area contributed by atoms with E-state index in [0.717, 1.165) is 0 Å². The largest absolute Gasteiger partial charge is 0.507 e. The van der Waals surface area contributed by atoms with Crippen molar-refractivity contribution in [2.75, 3.05) is 5.32 Å². The molecule has 1 heterocycles. The number of phenolic OH excluding ortho intramolecular Hbond substituents is 1. The number of hydrogen-bond donors (Lipinski definition) is 3. The highest BCUT2D eigenvalue weighted by Crippen LogP contribution is 2.29. The monoisotopic (exact) mass is 321 g/mol. The summed E-state index contributed by atoms with van der Waals surface area (Å²) in [6, 6.07) is 15.4. The Kier molecular flexibility index (Phi) is 4.38. The molecule has 0 saturated carbocycles. The van der Waals surface area contributed by atoms with Crippen LogP contribution >= 0.6 is 0 Å². The average Bonchev–Trinajstić information content (AvgIpc) is 2.61. The maximum absolute atomic E-state index is 12.1. The third-order valence-corrected chi connectivity index (χ3v) is 3.51. The summed E-state index contributed by atoms with van der Waals surface area (Å²) in [5.41, 5.74) is 1.12. The second kappa shape index (κ2) is 6.78. The molecule has 6 heteroatoms. The van der Waals surface area contributed by atoms with Crippen LogP contribution in [0.3, 0.4) is 0 Å². The molecule has 0 aliphatic heterocycles. The zero-order valence-corrected chi connectivity index (χ0v) is 12.7. The van der Waals surface area contributed by atoms with Gasteiger partial charge in [0.2, 0.25) is 0 Å². The molecule has 2 amide bonds. The molecule has 0 saturated heterocycles. The number of fused-ring (bicyclic) bond motifs is 1. The van der Waals surface area contributed by atoms with Gasteiger partial charge in [-0.3, -0.25) is 14.6 Å². The number of pyridine rings is 1. The van der Waals surface area contributed by atoms with E-state index in [9.17, 15) is 14.7 Å². The lowest BCUT2D eigenvalue weighted by molar-refractivity contribution is -0.136. The Morgan fingerprint density at radius 3 is 2.50 bits per heavy atom. The third kappa shape index (κ3) is 3.33. The van der Waals surface area contributed by atoms with Gasteiger partial charge in [0, 0.05) is 22.7 Å². The van der Waals surface area contributed by atoms with Crippen LogP contribution in [0, 0.1) is 0 Å². The van der Waals surface area contributed by atoms with Gasteiger partial charge in [-0.2, -0.15) is 0 Å². The fraction of sp³-hybridized carbons (Fsp3) is 0.0556. The van der Waals surface area contributed by atoms with Crippen LogP contribution in [-0.2, 0) is 16.1 Å². The van der Waals surface area contributed by atoms with Gasteiger partial charge in [0.25, 0.3) is 0 Å². The van der Waals surface area contributed by atoms with Crippen molar-refractivity contribution in [3.8, 4) is 5.75 Å². The Bertz CT molecular complexity index is 894. The van der Waals surface area contributed by atoms with Crippen molar-refractivity contribution in [2.24, 2.45) is 0 Å². The average molecular weight is 321 g/mol. The zero-order valence-electron chi connectivity index (χ0n) is 12.7. The summed E-state index contributed by atoms with van der Waals surface area (Å²) >= 11 is 0. The maximum Gasteiger partial charge on any atom is 0.313 e. The summed E-state index contributed by atoms with van der Waals surface area (Å²) in [5, 5.41) is 16.2. The standard InChI is InChI=1S/C18H15N3O3/c22-16-9-4-6-13-14(16)7-3-8-15(13)21-18(24)17(23)20-11-12-5-1-2-10-19-12/h1-10,22H,11H2,(H,20,23)(H,21,24). The number of benzene rings is 2. The van der Waals surface area contributed by atoms with E-state index in [1.807, 2.05) is 0 Å². The van der Waals surface area contributed by atoms with Gasteiger partial charge in [-0.25, -0.2) is 0 Å². The quantitative estimate of drug-likeness (QED) is 0.645. The van der Waals surface area contributed by atoms with E-state index >= 15 is 0 Å². The smallest absolute Gasteiger partial charge is 0.313 e. The minimum absolute atomic E-state index is 0.114. The number of carbonyl (C=O) groups excluding carboxylic acids is 2. The number of nitrogens with one attached hydrogen (secondary N) is 2. The number of carbonyl (C=O) groups is 2. The molecule has 0 fully saturated rings. The van der Waals surface area contributed by atoms with Crippen LogP contribution in [-0.4, -0.2) is 21.9 Å². The van der Waals surface area contributed by atoms with Crippen molar-refractivity contribution < 1.29 is 14.7 Å². The fourth-order valence-corrected chi connectivity index (χ4v) is 2.34. The normalized spacial score (nSPS) is 10.3. The highest BCUT2D eigenvalue weighted by atomic mass is 16.3. The number of hydrogen-bond acceptors (Lipinski definition) is 4. The molecule has 2 aromatic carbocycles. The molecule has 3 N–H and O–H groups in total. The summed E-state index contributed by atoms with van der Waals surface area (Å²) in [6.45, 7) is 0.170. The van der Waals surface area contributed by atoms with Crippen molar-refractivity contribution in [3.05, 3.63) is 66.5 Å². The fourth-order valence-electron chi connectivity index (χ4n) is 2.34. The van der Waals surface area contributed by atoms with Crippen LogP contribution in [0.5, 0.6) is 5.75 Å². The topological polar surface area (TPSA) is 91.3 Å². The van der Waals surface area contributed by atoms with Crippen LogP contribution in [0.1, 0.15) is 5.69 Å². The first kappa shape index (κ1) is 15.5. The lowest BCUT2D eigenvalue weighted by Crippen LogP contribution is -2.35. The molecular weight excluding hydrogens is 306 g/mol. The van der Waals surface area contributed by atoms with E-state index in [1.54, 1.807) is 60.8 Å². The Morgan fingerprint density at radius 1 is 0.917 bits per heavy atom. The van der Waals surface area contributed by atoms with Crippen molar-refractivity contribution in [1.29, 1.82) is 0 Å². The molecule has 6 nitrogen and oxygen atoms in total. The summed E-state index contributed by atoms with van der Waals surface area (Å²) in [4.78, 5) is 28.1. The van der Waals surface area contributed by atoms with Gasteiger partial charge in [-0.05, 0) is 24.3 Å². The van der Waals surface area contributed by atoms with Crippen molar-refractivity contribution in [2.45, 2.75) is 6.54 Å². The van der Waals surface area contributed by atoms with E-state index < -0.39 is 11.8 Å². The van der Waals surface area contributed by atoms with Gasteiger partial charge in [-0.15, -0.1) is 0 Å². The molecule has 1 aromatic heterocycles.